The molecule has 3 nitrogen and oxygen atoms in total. The second-order valence-electron chi connectivity index (χ2n) is 4.81. The van der Waals surface area contributed by atoms with Crippen LogP contribution in [0.15, 0.2) is 51.4 Å². The predicted molar refractivity (Wildman–Crippen MR) is 90.5 cm³/mol. The fourth-order valence-corrected chi connectivity index (χ4v) is 3.22. The van der Waals surface area contributed by atoms with E-state index in [0.717, 1.165) is 14.5 Å². The molecular formula is C16H15Br2NO2. The first-order valence-electron chi connectivity index (χ1n) is 6.41. The molecule has 2 aromatic carbocycles. The molecular weight excluding hydrogens is 398 g/mol. The average Bonchev–Trinajstić information content (AvgIpc) is 2.46. The van der Waals surface area contributed by atoms with Gasteiger partial charge in [0.1, 0.15) is 5.75 Å². The molecule has 0 saturated carbocycles. The lowest BCUT2D eigenvalue weighted by Gasteiger charge is -2.26. The van der Waals surface area contributed by atoms with Gasteiger partial charge in [-0.2, -0.15) is 0 Å². The van der Waals surface area contributed by atoms with Crippen LogP contribution in [0.25, 0.3) is 0 Å². The van der Waals surface area contributed by atoms with Crippen LogP contribution in [-0.4, -0.2) is 23.0 Å². The maximum absolute atomic E-state index is 12.6. The molecule has 110 valence electrons. The molecule has 0 radical (unpaired) electrons. The Morgan fingerprint density at radius 2 is 1.76 bits per heavy atom. The Balaban J connectivity index is 2.24. The molecule has 0 aliphatic rings. The summed E-state index contributed by atoms with van der Waals surface area (Å²) in [6.45, 7) is 1.96. The summed E-state index contributed by atoms with van der Waals surface area (Å²) in [4.78, 5) is 14.3. The molecule has 2 aromatic rings. The fraction of sp³-hybridized carbons (Fsp3) is 0.188. The lowest BCUT2D eigenvalue weighted by atomic mass is 10.1. The quantitative estimate of drug-likeness (QED) is 0.789. The predicted octanol–water partition coefficient (Wildman–Crippen LogP) is 4.75. The molecule has 0 spiro atoms. The van der Waals surface area contributed by atoms with Crippen molar-refractivity contribution in [3.8, 4) is 5.75 Å². The number of benzene rings is 2. The summed E-state index contributed by atoms with van der Waals surface area (Å²) < 4.78 is 1.67. The van der Waals surface area contributed by atoms with E-state index in [1.54, 1.807) is 30.1 Å². The van der Waals surface area contributed by atoms with Gasteiger partial charge >= 0.3 is 0 Å². The molecule has 1 atom stereocenters. The molecule has 0 heterocycles. The van der Waals surface area contributed by atoms with E-state index in [1.165, 1.54) is 0 Å². The van der Waals surface area contributed by atoms with Crippen molar-refractivity contribution in [2.24, 2.45) is 0 Å². The van der Waals surface area contributed by atoms with Crippen molar-refractivity contribution in [1.29, 1.82) is 0 Å². The normalized spacial score (nSPS) is 12.0. The molecule has 21 heavy (non-hydrogen) atoms. The Labute approximate surface area is 140 Å². The highest BCUT2D eigenvalue weighted by molar-refractivity contribution is 9.11. The highest BCUT2D eigenvalue weighted by Gasteiger charge is 2.20. The standard InChI is InChI=1S/C16H15Br2NO2/c1-10(11-3-6-13(20)7-4-11)19(2)16(21)14-8-5-12(17)9-15(14)18/h3-10,20H,1-2H3. The molecule has 2 rings (SSSR count). The zero-order valence-corrected chi connectivity index (χ0v) is 14.8. The molecule has 0 aliphatic heterocycles. The van der Waals surface area contributed by atoms with Crippen molar-refractivity contribution >= 4 is 37.8 Å². The van der Waals surface area contributed by atoms with E-state index >= 15 is 0 Å². The van der Waals surface area contributed by atoms with Crippen LogP contribution < -0.4 is 0 Å². The van der Waals surface area contributed by atoms with E-state index in [9.17, 15) is 9.90 Å². The summed E-state index contributed by atoms with van der Waals surface area (Å²) in [5, 5.41) is 9.34. The van der Waals surface area contributed by atoms with Crippen LogP contribution in [-0.2, 0) is 0 Å². The van der Waals surface area contributed by atoms with Crippen molar-refractivity contribution < 1.29 is 9.90 Å². The number of rotatable bonds is 3. The minimum Gasteiger partial charge on any atom is -0.508 e. The molecule has 0 fully saturated rings. The fourth-order valence-electron chi connectivity index (χ4n) is 2.01. The Bertz CT molecular complexity index is 656. The highest BCUT2D eigenvalue weighted by atomic mass is 79.9. The first kappa shape index (κ1) is 16.0. The minimum absolute atomic E-state index is 0.0602. The van der Waals surface area contributed by atoms with Gasteiger partial charge in [0.25, 0.3) is 5.91 Å². The van der Waals surface area contributed by atoms with Crippen molar-refractivity contribution in [2.75, 3.05) is 7.05 Å². The van der Waals surface area contributed by atoms with Gasteiger partial charge in [0, 0.05) is 16.0 Å². The summed E-state index contributed by atoms with van der Waals surface area (Å²) in [5.74, 6) is 0.158. The summed E-state index contributed by atoms with van der Waals surface area (Å²) in [6.07, 6.45) is 0. The minimum atomic E-state index is -0.0892. The third-order valence-corrected chi connectivity index (χ3v) is 4.59. The van der Waals surface area contributed by atoms with Gasteiger partial charge in [-0.05, 0) is 58.7 Å². The Hall–Kier alpha value is -1.33. The first-order valence-corrected chi connectivity index (χ1v) is 8.00. The number of phenols is 1. The van der Waals surface area contributed by atoms with Gasteiger partial charge < -0.3 is 10.0 Å². The molecule has 1 amide bonds. The van der Waals surface area contributed by atoms with Crippen LogP contribution in [0, 0.1) is 0 Å². The van der Waals surface area contributed by atoms with E-state index in [2.05, 4.69) is 31.9 Å². The molecule has 0 aliphatic carbocycles. The Morgan fingerprint density at radius 3 is 2.33 bits per heavy atom. The largest absolute Gasteiger partial charge is 0.508 e. The molecule has 5 heteroatoms. The topological polar surface area (TPSA) is 40.5 Å². The SMILES string of the molecule is CC(c1ccc(O)cc1)N(C)C(=O)c1ccc(Br)cc1Br. The number of carbonyl (C=O) groups excluding carboxylic acids is 1. The monoisotopic (exact) mass is 411 g/mol. The number of phenolic OH excluding ortho intramolecular Hbond substituents is 1. The zero-order valence-electron chi connectivity index (χ0n) is 11.7. The number of aromatic hydroxyl groups is 1. The van der Waals surface area contributed by atoms with Crippen molar-refractivity contribution in [2.45, 2.75) is 13.0 Å². The smallest absolute Gasteiger partial charge is 0.255 e. The van der Waals surface area contributed by atoms with Crippen LogP contribution in [0.2, 0.25) is 0 Å². The van der Waals surface area contributed by atoms with Crippen molar-refractivity contribution in [1.82, 2.24) is 4.90 Å². The number of amides is 1. The molecule has 0 saturated heterocycles. The molecule has 1 unspecified atom stereocenters. The number of hydrogen-bond donors (Lipinski definition) is 1. The van der Waals surface area contributed by atoms with E-state index in [-0.39, 0.29) is 17.7 Å². The van der Waals surface area contributed by atoms with E-state index < -0.39 is 0 Å². The maximum atomic E-state index is 12.6. The van der Waals surface area contributed by atoms with Gasteiger partial charge in [-0.1, -0.05) is 28.1 Å². The van der Waals surface area contributed by atoms with Crippen LogP contribution >= 0.6 is 31.9 Å². The van der Waals surface area contributed by atoms with Gasteiger partial charge in [-0.25, -0.2) is 0 Å². The van der Waals surface area contributed by atoms with Gasteiger partial charge in [0.2, 0.25) is 0 Å². The van der Waals surface area contributed by atoms with E-state index in [4.69, 9.17) is 0 Å². The second kappa shape index (κ2) is 6.62. The van der Waals surface area contributed by atoms with Gasteiger partial charge in [0.05, 0.1) is 11.6 Å². The number of hydrogen-bond acceptors (Lipinski definition) is 2. The van der Waals surface area contributed by atoms with Gasteiger partial charge in [-0.15, -0.1) is 0 Å². The Kier molecular flexibility index (Phi) is 5.06. The number of halogens is 2. The van der Waals surface area contributed by atoms with Crippen LogP contribution in [0.1, 0.15) is 28.9 Å². The van der Waals surface area contributed by atoms with Crippen molar-refractivity contribution in [3.63, 3.8) is 0 Å². The third kappa shape index (κ3) is 3.66. The Morgan fingerprint density at radius 1 is 1.14 bits per heavy atom. The number of nitrogens with zero attached hydrogens (tertiary/aromatic N) is 1. The molecule has 0 bridgehead atoms. The van der Waals surface area contributed by atoms with Gasteiger partial charge in [0.15, 0.2) is 0 Å². The highest BCUT2D eigenvalue weighted by Crippen LogP contribution is 2.27. The molecule has 1 N–H and O–H groups in total. The van der Waals surface area contributed by atoms with Crippen LogP contribution in [0.4, 0.5) is 0 Å². The lowest BCUT2D eigenvalue weighted by molar-refractivity contribution is 0.0741. The van der Waals surface area contributed by atoms with Crippen LogP contribution in [0.5, 0.6) is 5.75 Å². The molecule has 0 aromatic heterocycles. The van der Waals surface area contributed by atoms with E-state index in [0.29, 0.717) is 5.56 Å². The maximum Gasteiger partial charge on any atom is 0.255 e. The van der Waals surface area contributed by atoms with E-state index in [1.807, 2.05) is 31.2 Å². The van der Waals surface area contributed by atoms with Crippen LogP contribution in [0.3, 0.4) is 0 Å². The number of carbonyl (C=O) groups is 1. The third-order valence-electron chi connectivity index (χ3n) is 3.44. The summed E-state index contributed by atoms with van der Waals surface area (Å²) in [7, 11) is 1.77. The second-order valence-corrected chi connectivity index (χ2v) is 6.58. The van der Waals surface area contributed by atoms with Crippen molar-refractivity contribution in [3.05, 3.63) is 62.5 Å². The lowest BCUT2D eigenvalue weighted by Crippen LogP contribution is -2.29. The average molecular weight is 413 g/mol. The summed E-state index contributed by atoms with van der Waals surface area (Å²) in [5.41, 5.74) is 1.59. The van der Waals surface area contributed by atoms with Gasteiger partial charge in [-0.3, -0.25) is 4.79 Å². The summed E-state index contributed by atoms with van der Waals surface area (Å²) in [6, 6.07) is 12.3. The summed E-state index contributed by atoms with van der Waals surface area (Å²) >= 11 is 6.80. The first-order chi connectivity index (χ1) is 9.90. The zero-order chi connectivity index (χ0) is 15.6.